The quantitative estimate of drug-likeness (QED) is 0.759. The van der Waals surface area contributed by atoms with Crippen molar-refractivity contribution in [2.24, 2.45) is 5.92 Å². The number of benzene rings is 1. The lowest BCUT2D eigenvalue weighted by Gasteiger charge is -2.15. The van der Waals surface area contributed by atoms with Gasteiger partial charge in [0.05, 0.1) is 12.5 Å². The average Bonchev–Trinajstić information content (AvgIpc) is 2.32. The Kier molecular flexibility index (Phi) is 5.23. The van der Waals surface area contributed by atoms with E-state index in [1.807, 2.05) is 51.1 Å². The topological polar surface area (TPSA) is 26.3 Å². The van der Waals surface area contributed by atoms with Crippen LogP contribution in [-0.2, 0) is 9.53 Å². The maximum absolute atomic E-state index is 11.7. The zero-order valence-electron chi connectivity index (χ0n) is 10.4. The Labute approximate surface area is 107 Å². The second-order valence-corrected chi connectivity index (χ2v) is 4.16. The molecule has 3 heteroatoms. The Balaban J connectivity index is 2.92. The van der Waals surface area contributed by atoms with Crippen molar-refractivity contribution in [3.8, 4) is 0 Å². The molecule has 0 N–H and O–H groups in total. The van der Waals surface area contributed by atoms with E-state index in [0.29, 0.717) is 11.6 Å². The van der Waals surface area contributed by atoms with Gasteiger partial charge in [0.1, 0.15) is 0 Å². The number of hydrogen-bond acceptors (Lipinski definition) is 2. The summed E-state index contributed by atoms with van der Waals surface area (Å²) in [6.45, 7) is 5.98. The van der Waals surface area contributed by atoms with Gasteiger partial charge in [0.25, 0.3) is 0 Å². The van der Waals surface area contributed by atoms with Gasteiger partial charge in [-0.15, -0.1) is 0 Å². The Bertz CT molecular complexity index is 407. The third-order valence-electron chi connectivity index (χ3n) is 2.60. The number of carbonyl (C=O) groups is 1. The molecule has 0 heterocycles. The van der Waals surface area contributed by atoms with Gasteiger partial charge >= 0.3 is 5.97 Å². The summed E-state index contributed by atoms with van der Waals surface area (Å²) in [5, 5.41) is 0.688. The monoisotopic (exact) mass is 252 g/mol. The molecular weight excluding hydrogens is 236 g/mol. The smallest absolute Gasteiger partial charge is 0.313 e. The second kappa shape index (κ2) is 6.45. The first kappa shape index (κ1) is 13.8. The number of hydrogen-bond donors (Lipinski definition) is 0. The first-order chi connectivity index (χ1) is 8.10. The van der Waals surface area contributed by atoms with Crippen LogP contribution in [0, 0.1) is 5.92 Å². The largest absolute Gasteiger partial charge is 0.466 e. The number of allylic oxidation sites excluding steroid dienone is 1. The van der Waals surface area contributed by atoms with E-state index >= 15 is 0 Å². The van der Waals surface area contributed by atoms with Crippen molar-refractivity contribution in [2.45, 2.75) is 20.8 Å². The molecule has 1 aromatic carbocycles. The van der Waals surface area contributed by atoms with Gasteiger partial charge in [-0.1, -0.05) is 29.8 Å². The summed E-state index contributed by atoms with van der Waals surface area (Å²) in [6.07, 6.45) is 1.94. The molecule has 0 aliphatic rings. The van der Waals surface area contributed by atoms with E-state index in [1.165, 1.54) is 0 Å². The van der Waals surface area contributed by atoms with E-state index < -0.39 is 0 Å². The standard InChI is InChI=1S/C14H17ClO2/c1-4-13(10(3)14(16)17-5-2)11-6-8-12(15)9-7-11/h4,6-10H,5H2,1-3H3/b13-4-. The van der Waals surface area contributed by atoms with Crippen LogP contribution in [0.3, 0.4) is 0 Å². The molecule has 1 unspecified atom stereocenters. The van der Waals surface area contributed by atoms with Gasteiger partial charge < -0.3 is 4.74 Å². The molecule has 0 saturated carbocycles. The van der Waals surface area contributed by atoms with Crippen LogP contribution < -0.4 is 0 Å². The number of rotatable bonds is 4. The zero-order chi connectivity index (χ0) is 12.8. The predicted molar refractivity (Wildman–Crippen MR) is 70.9 cm³/mol. The maximum Gasteiger partial charge on any atom is 0.313 e. The molecule has 1 rings (SSSR count). The predicted octanol–water partition coefficient (Wildman–Crippen LogP) is 3.94. The fraction of sp³-hybridized carbons (Fsp3) is 0.357. The van der Waals surface area contributed by atoms with Gasteiger partial charge in [-0.3, -0.25) is 4.79 Å². The first-order valence-electron chi connectivity index (χ1n) is 5.69. The lowest BCUT2D eigenvalue weighted by molar-refractivity contribution is -0.145. The summed E-state index contributed by atoms with van der Waals surface area (Å²) in [6, 6.07) is 7.46. The van der Waals surface area contributed by atoms with Gasteiger partial charge in [0.15, 0.2) is 0 Å². The van der Waals surface area contributed by atoms with Crippen LogP contribution in [0.25, 0.3) is 5.57 Å². The fourth-order valence-electron chi connectivity index (χ4n) is 1.70. The highest BCUT2D eigenvalue weighted by atomic mass is 35.5. The summed E-state index contributed by atoms with van der Waals surface area (Å²) in [4.78, 5) is 11.7. The maximum atomic E-state index is 11.7. The summed E-state index contributed by atoms with van der Waals surface area (Å²) in [5.41, 5.74) is 1.96. The van der Waals surface area contributed by atoms with E-state index in [-0.39, 0.29) is 11.9 Å². The van der Waals surface area contributed by atoms with Crippen molar-refractivity contribution >= 4 is 23.1 Å². The van der Waals surface area contributed by atoms with E-state index in [9.17, 15) is 4.79 Å². The van der Waals surface area contributed by atoms with Gasteiger partial charge in [-0.2, -0.15) is 0 Å². The third kappa shape index (κ3) is 3.60. The molecule has 0 radical (unpaired) electrons. The molecule has 0 amide bonds. The minimum Gasteiger partial charge on any atom is -0.466 e. The van der Waals surface area contributed by atoms with Crippen LogP contribution in [0.2, 0.25) is 5.02 Å². The Morgan fingerprint density at radius 3 is 2.47 bits per heavy atom. The SMILES string of the molecule is C/C=C(\c1ccc(Cl)cc1)C(C)C(=O)OCC. The van der Waals surface area contributed by atoms with Crippen LogP contribution in [0.15, 0.2) is 30.3 Å². The number of halogens is 1. The van der Waals surface area contributed by atoms with Crippen LogP contribution in [0.5, 0.6) is 0 Å². The zero-order valence-corrected chi connectivity index (χ0v) is 11.1. The molecule has 0 bridgehead atoms. The first-order valence-corrected chi connectivity index (χ1v) is 6.06. The van der Waals surface area contributed by atoms with Crippen LogP contribution >= 0.6 is 11.6 Å². The van der Waals surface area contributed by atoms with E-state index in [4.69, 9.17) is 16.3 Å². The molecule has 0 aliphatic heterocycles. The summed E-state index contributed by atoms with van der Waals surface area (Å²) in [7, 11) is 0. The van der Waals surface area contributed by atoms with Gasteiger partial charge in [0, 0.05) is 5.02 Å². The normalized spacial score (nSPS) is 13.3. The molecule has 0 aliphatic carbocycles. The highest BCUT2D eigenvalue weighted by Gasteiger charge is 2.19. The Morgan fingerprint density at radius 1 is 1.41 bits per heavy atom. The second-order valence-electron chi connectivity index (χ2n) is 3.72. The van der Waals surface area contributed by atoms with Crippen molar-refractivity contribution in [2.75, 3.05) is 6.61 Å². The highest BCUT2D eigenvalue weighted by Crippen LogP contribution is 2.25. The van der Waals surface area contributed by atoms with E-state index in [0.717, 1.165) is 11.1 Å². The molecule has 1 atom stereocenters. The van der Waals surface area contributed by atoms with Crippen molar-refractivity contribution < 1.29 is 9.53 Å². The van der Waals surface area contributed by atoms with Crippen LogP contribution in [-0.4, -0.2) is 12.6 Å². The summed E-state index contributed by atoms with van der Waals surface area (Å²) < 4.78 is 5.03. The molecule has 92 valence electrons. The lowest BCUT2D eigenvalue weighted by Crippen LogP contribution is -2.16. The number of carbonyl (C=O) groups excluding carboxylic acids is 1. The Hall–Kier alpha value is -1.28. The number of esters is 1. The summed E-state index contributed by atoms with van der Waals surface area (Å²) in [5.74, 6) is -0.461. The lowest BCUT2D eigenvalue weighted by atomic mass is 9.94. The van der Waals surface area contributed by atoms with Crippen LogP contribution in [0.1, 0.15) is 26.3 Å². The average molecular weight is 253 g/mol. The van der Waals surface area contributed by atoms with E-state index in [1.54, 1.807) is 0 Å². The summed E-state index contributed by atoms with van der Waals surface area (Å²) >= 11 is 5.84. The van der Waals surface area contributed by atoms with Gasteiger partial charge in [0.2, 0.25) is 0 Å². The van der Waals surface area contributed by atoms with Crippen molar-refractivity contribution in [3.63, 3.8) is 0 Å². The molecule has 17 heavy (non-hydrogen) atoms. The van der Waals surface area contributed by atoms with Crippen molar-refractivity contribution in [3.05, 3.63) is 40.9 Å². The van der Waals surface area contributed by atoms with Gasteiger partial charge in [-0.05, 0) is 44.0 Å². The minimum absolute atomic E-state index is 0.199. The van der Waals surface area contributed by atoms with Crippen LogP contribution in [0.4, 0.5) is 0 Å². The fourth-order valence-corrected chi connectivity index (χ4v) is 1.83. The Morgan fingerprint density at radius 2 is 2.00 bits per heavy atom. The third-order valence-corrected chi connectivity index (χ3v) is 2.85. The molecule has 0 fully saturated rings. The molecular formula is C14H17ClO2. The molecule has 2 nitrogen and oxygen atoms in total. The molecule has 0 saturated heterocycles. The van der Waals surface area contributed by atoms with Crippen molar-refractivity contribution in [1.29, 1.82) is 0 Å². The number of ether oxygens (including phenoxy) is 1. The van der Waals surface area contributed by atoms with Gasteiger partial charge in [-0.25, -0.2) is 0 Å². The molecule has 1 aromatic rings. The highest BCUT2D eigenvalue weighted by molar-refractivity contribution is 6.30. The molecule has 0 aromatic heterocycles. The van der Waals surface area contributed by atoms with E-state index in [2.05, 4.69) is 0 Å². The minimum atomic E-state index is -0.263. The van der Waals surface area contributed by atoms with Crippen molar-refractivity contribution in [1.82, 2.24) is 0 Å². The molecule has 0 spiro atoms.